The van der Waals surface area contributed by atoms with Gasteiger partial charge in [-0.25, -0.2) is 4.79 Å². The Morgan fingerprint density at radius 2 is 1.61 bits per heavy atom. The molecule has 8 heteroatoms. The van der Waals surface area contributed by atoms with E-state index in [1.165, 1.54) is 32.7 Å². The lowest BCUT2D eigenvalue weighted by atomic mass is 10.2. The summed E-state index contributed by atoms with van der Waals surface area (Å²) in [6.07, 6.45) is 0.912. The number of anilines is 2. The summed E-state index contributed by atoms with van der Waals surface area (Å²) in [7, 11) is 1.47. The molecule has 2 aromatic carbocycles. The number of carbonyl (C=O) groups excluding carboxylic acids is 3. The lowest BCUT2D eigenvalue weighted by molar-refractivity contribution is -0.123. The van der Waals surface area contributed by atoms with Crippen LogP contribution in [-0.4, -0.2) is 37.3 Å². The molecule has 2 amide bonds. The first-order chi connectivity index (χ1) is 13.3. The van der Waals surface area contributed by atoms with Gasteiger partial charge in [0, 0.05) is 23.2 Å². The van der Waals surface area contributed by atoms with Gasteiger partial charge in [0.25, 0.3) is 5.91 Å². The molecule has 7 nitrogen and oxygen atoms in total. The molecule has 28 heavy (non-hydrogen) atoms. The second kappa shape index (κ2) is 9.80. The summed E-state index contributed by atoms with van der Waals surface area (Å²) >= 11 is 1.52. The Balaban J connectivity index is 2.00. The van der Waals surface area contributed by atoms with Crippen molar-refractivity contribution in [1.29, 1.82) is 0 Å². The molecule has 0 unspecified atom stereocenters. The lowest BCUT2D eigenvalue weighted by Crippen LogP contribution is -2.30. The van der Waals surface area contributed by atoms with E-state index in [0.717, 1.165) is 4.90 Å². The third-order valence-electron chi connectivity index (χ3n) is 3.75. The van der Waals surface area contributed by atoms with Gasteiger partial charge in [-0.3, -0.25) is 9.59 Å². The molecule has 0 aromatic heterocycles. The van der Waals surface area contributed by atoms with Crippen LogP contribution in [0.5, 0.6) is 5.75 Å². The molecule has 0 aliphatic rings. The van der Waals surface area contributed by atoms with Crippen molar-refractivity contribution in [3.63, 3.8) is 0 Å². The van der Waals surface area contributed by atoms with Crippen molar-refractivity contribution >= 4 is 40.9 Å². The molecule has 0 aliphatic carbocycles. The van der Waals surface area contributed by atoms with Gasteiger partial charge >= 0.3 is 5.97 Å². The first-order valence-electron chi connectivity index (χ1n) is 8.45. The second-order valence-electron chi connectivity index (χ2n) is 5.86. The normalized spacial score (nSPS) is 11.3. The van der Waals surface area contributed by atoms with Crippen LogP contribution in [0.2, 0.25) is 0 Å². The molecule has 148 valence electrons. The summed E-state index contributed by atoms with van der Waals surface area (Å²) in [5.41, 5.74) is 1.38. The molecule has 2 aromatic rings. The predicted octanol–water partition coefficient (Wildman–Crippen LogP) is 3.56. The summed E-state index contributed by atoms with van der Waals surface area (Å²) in [5.74, 6) is -0.912. The SMILES string of the molecule is COc1cc(SC)ccc1C(=O)O[C@@H](C)C(=O)Nc1ccc(NC(C)=O)cc1. The fraction of sp³-hybridized carbons (Fsp3) is 0.250. The van der Waals surface area contributed by atoms with Crippen LogP contribution < -0.4 is 15.4 Å². The molecule has 0 spiro atoms. The largest absolute Gasteiger partial charge is 0.496 e. The van der Waals surface area contributed by atoms with Gasteiger partial charge in [0.1, 0.15) is 11.3 Å². The number of methoxy groups -OCH3 is 1. The van der Waals surface area contributed by atoms with Crippen LogP contribution >= 0.6 is 11.8 Å². The minimum atomic E-state index is -1.01. The van der Waals surface area contributed by atoms with Crippen molar-refractivity contribution in [3.05, 3.63) is 48.0 Å². The van der Waals surface area contributed by atoms with Crippen LogP contribution in [0.1, 0.15) is 24.2 Å². The van der Waals surface area contributed by atoms with Gasteiger partial charge in [-0.1, -0.05) is 0 Å². The Kier molecular flexibility index (Phi) is 7.45. The van der Waals surface area contributed by atoms with Gasteiger partial charge in [-0.05, 0) is 55.6 Å². The second-order valence-corrected chi connectivity index (χ2v) is 6.74. The van der Waals surface area contributed by atoms with Crippen molar-refractivity contribution in [2.45, 2.75) is 24.8 Å². The molecule has 2 rings (SSSR count). The Morgan fingerprint density at radius 1 is 1.00 bits per heavy atom. The van der Waals surface area contributed by atoms with Crippen molar-refractivity contribution < 1.29 is 23.9 Å². The van der Waals surface area contributed by atoms with E-state index in [1.807, 2.05) is 6.26 Å². The number of thioether (sulfide) groups is 1. The summed E-state index contributed by atoms with van der Waals surface area (Å²) in [6.45, 7) is 2.90. The molecule has 0 bridgehead atoms. The topological polar surface area (TPSA) is 93.7 Å². The molecule has 0 radical (unpaired) electrons. The average Bonchev–Trinajstić information content (AvgIpc) is 2.68. The molecule has 0 saturated carbocycles. The van der Waals surface area contributed by atoms with E-state index in [1.54, 1.807) is 42.5 Å². The van der Waals surface area contributed by atoms with E-state index >= 15 is 0 Å². The highest BCUT2D eigenvalue weighted by atomic mass is 32.2. The van der Waals surface area contributed by atoms with E-state index in [2.05, 4.69) is 10.6 Å². The Labute approximate surface area is 167 Å². The van der Waals surface area contributed by atoms with Crippen LogP contribution in [0.4, 0.5) is 11.4 Å². The van der Waals surface area contributed by atoms with Crippen molar-refractivity contribution in [3.8, 4) is 5.75 Å². The fourth-order valence-corrected chi connectivity index (χ4v) is 2.76. The van der Waals surface area contributed by atoms with Crippen molar-refractivity contribution in [2.75, 3.05) is 24.0 Å². The number of hydrogen-bond acceptors (Lipinski definition) is 6. The Bertz CT molecular complexity index is 867. The van der Waals surface area contributed by atoms with Crippen molar-refractivity contribution in [1.82, 2.24) is 0 Å². The Hall–Kier alpha value is -3.00. The van der Waals surface area contributed by atoms with E-state index in [9.17, 15) is 14.4 Å². The summed E-state index contributed by atoms with van der Waals surface area (Å²) < 4.78 is 10.5. The minimum Gasteiger partial charge on any atom is -0.496 e. The van der Waals surface area contributed by atoms with E-state index in [0.29, 0.717) is 17.1 Å². The maximum Gasteiger partial charge on any atom is 0.342 e. The number of benzene rings is 2. The van der Waals surface area contributed by atoms with Gasteiger partial charge in [0.2, 0.25) is 5.91 Å². The molecular formula is C20H22N2O5S. The zero-order chi connectivity index (χ0) is 20.7. The van der Waals surface area contributed by atoms with E-state index in [4.69, 9.17) is 9.47 Å². The minimum absolute atomic E-state index is 0.182. The fourth-order valence-electron chi connectivity index (χ4n) is 2.33. The van der Waals surface area contributed by atoms with Crippen LogP contribution in [0, 0.1) is 0 Å². The van der Waals surface area contributed by atoms with Gasteiger partial charge in [0.15, 0.2) is 6.10 Å². The Morgan fingerprint density at radius 3 is 2.14 bits per heavy atom. The third kappa shape index (κ3) is 5.75. The highest BCUT2D eigenvalue weighted by Gasteiger charge is 2.21. The molecular weight excluding hydrogens is 380 g/mol. The summed E-state index contributed by atoms with van der Waals surface area (Å²) in [6, 6.07) is 11.7. The maximum absolute atomic E-state index is 12.4. The average molecular weight is 402 g/mol. The van der Waals surface area contributed by atoms with E-state index < -0.39 is 18.0 Å². The van der Waals surface area contributed by atoms with Crippen LogP contribution in [-0.2, 0) is 14.3 Å². The van der Waals surface area contributed by atoms with E-state index in [-0.39, 0.29) is 11.5 Å². The number of hydrogen-bond donors (Lipinski definition) is 2. The molecule has 0 fully saturated rings. The zero-order valence-corrected chi connectivity index (χ0v) is 16.9. The van der Waals surface area contributed by atoms with Crippen LogP contribution in [0.15, 0.2) is 47.4 Å². The zero-order valence-electron chi connectivity index (χ0n) is 16.1. The van der Waals surface area contributed by atoms with Gasteiger partial charge in [-0.2, -0.15) is 0 Å². The quantitative estimate of drug-likeness (QED) is 0.543. The van der Waals surface area contributed by atoms with Crippen molar-refractivity contribution in [2.24, 2.45) is 0 Å². The number of rotatable bonds is 7. The standard InChI is InChI=1S/C20H22N2O5S/c1-12(19(24)22-15-7-5-14(6-8-15)21-13(2)23)27-20(25)17-10-9-16(28-4)11-18(17)26-3/h5-12H,1-4H3,(H,21,23)(H,22,24)/t12-/m0/s1. The number of esters is 1. The van der Waals surface area contributed by atoms with Gasteiger partial charge in [-0.15, -0.1) is 11.8 Å². The number of ether oxygens (including phenoxy) is 2. The number of amides is 2. The molecule has 2 N–H and O–H groups in total. The molecule has 0 aliphatic heterocycles. The van der Waals surface area contributed by atoms with Gasteiger partial charge < -0.3 is 20.1 Å². The molecule has 0 heterocycles. The number of nitrogens with one attached hydrogen (secondary N) is 2. The summed E-state index contributed by atoms with van der Waals surface area (Å²) in [4.78, 5) is 36.7. The van der Waals surface area contributed by atoms with Crippen LogP contribution in [0.25, 0.3) is 0 Å². The van der Waals surface area contributed by atoms with Crippen LogP contribution in [0.3, 0.4) is 0 Å². The molecule has 0 saturated heterocycles. The highest BCUT2D eigenvalue weighted by Crippen LogP contribution is 2.26. The monoisotopic (exact) mass is 402 g/mol. The van der Waals surface area contributed by atoms with Gasteiger partial charge in [0.05, 0.1) is 7.11 Å². The predicted molar refractivity (Wildman–Crippen MR) is 109 cm³/mol. The first kappa shape index (κ1) is 21.3. The third-order valence-corrected chi connectivity index (χ3v) is 4.48. The summed E-state index contributed by atoms with van der Waals surface area (Å²) in [5, 5.41) is 5.30. The lowest BCUT2D eigenvalue weighted by Gasteiger charge is -2.15. The first-order valence-corrected chi connectivity index (χ1v) is 9.68. The highest BCUT2D eigenvalue weighted by molar-refractivity contribution is 7.98. The maximum atomic E-state index is 12.4. The number of carbonyl (C=O) groups is 3. The molecule has 1 atom stereocenters. The smallest absolute Gasteiger partial charge is 0.342 e.